The van der Waals surface area contributed by atoms with Crippen molar-refractivity contribution in [1.82, 2.24) is 4.98 Å². The fourth-order valence-corrected chi connectivity index (χ4v) is 3.35. The van der Waals surface area contributed by atoms with Crippen molar-refractivity contribution in [2.75, 3.05) is 17.9 Å². The van der Waals surface area contributed by atoms with Gasteiger partial charge in [-0.2, -0.15) is 0 Å². The van der Waals surface area contributed by atoms with E-state index in [4.69, 9.17) is 25.5 Å². The van der Waals surface area contributed by atoms with Crippen LogP contribution in [0, 0.1) is 0 Å². The number of nitrogens with one attached hydrogen (secondary N) is 1. The van der Waals surface area contributed by atoms with Gasteiger partial charge in [0, 0.05) is 28.1 Å². The number of anilines is 1. The largest absolute Gasteiger partial charge is 0.454 e. The number of aromatic nitrogens is 1. The number of fused-ring (bicyclic) bond motifs is 1. The number of halogens is 1. The third-order valence-corrected chi connectivity index (χ3v) is 5.00. The van der Waals surface area contributed by atoms with Crippen LogP contribution >= 0.6 is 23.4 Å². The predicted octanol–water partition coefficient (Wildman–Crippen LogP) is 4.60. The maximum Gasteiger partial charge on any atom is 0.234 e. The summed E-state index contributed by atoms with van der Waals surface area (Å²) in [6.45, 7) is 0.207. The van der Waals surface area contributed by atoms with Crippen LogP contribution in [0.15, 0.2) is 53.1 Å². The topological polar surface area (TPSA) is 73.6 Å². The fourth-order valence-electron chi connectivity index (χ4n) is 2.52. The molecule has 2 aromatic carbocycles. The Morgan fingerprint density at radius 2 is 1.96 bits per heavy atom. The highest BCUT2D eigenvalue weighted by atomic mass is 35.5. The summed E-state index contributed by atoms with van der Waals surface area (Å²) in [6.07, 6.45) is 1.60. The molecule has 1 aliphatic rings. The normalized spacial score (nSPS) is 12.2. The zero-order valence-electron chi connectivity index (χ0n) is 14.1. The number of hydrogen-bond acceptors (Lipinski definition) is 6. The van der Waals surface area contributed by atoms with E-state index >= 15 is 0 Å². The first-order valence-electron chi connectivity index (χ1n) is 8.15. The summed E-state index contributed by atoms with van der Waals surface area (Å²) in [5.41, 5.74) is 2.31. The molecule has 0 fully saturated rings. The van der Waals surface area contributed by atoms with Crippen LogP contribution in [0.2, 0.25) is 5.02 Å². The maximum atomic E-state index is 12.1. The molecule has 0 radical (unpaired) electrons. The molecule has 138 valence electrons. The van der Waals surface area contributed by atoms with Crippen molar-refractivity contribution < 1.29 is 18.7 Å². The van der Waals surface area contributed by atoms with E-state index < -0.39 is 0 Å². The van der Waals surface area contributed by atoms with E-state index in [2.05, 4.69) is 10.3 Å². The summed E-state index contributed by atoms with van der Waals surface area (Å²) in [7, 11) is 0. The summed E-state index contributed by atoms with van der Waals surface area (Å²) in [4.78, 5) is 16.5. The number of thioether (sulfide) groups is 1. The van der Waals surface area contributed by atoms with Gasteiger partial charge in [-0.3, -0.25) is 4.79 Å². The Hall–Kier alpha value is -2.64. The van der Waals surface area contributed by atoms with Gasteiger partial charge in [-0.15, -0.1) is 11.8 Å². The molecule has 0 bridgehead atoms. The first kappa shape index (κ1) is 17.8. The minimum absolute atomic E-state index is 0.0970. The highest BCUT2D eigenvalue weighted by Gasteiger charge is 2.14. The van der Waals surface area contributed by atoms with Gasteiger partial charge in [-0.1, -0.05) is 11.6 Å². The standard InChI is InChI=1S/C19H15ClN2O4S/c20-13-3-1-12(2-4-13)19-22-15(8-24-19)9-27-10-18(23)21-14-5-6-16-17(7-14)26-11-25-16/h1-8H,9-11H2,(H,21,23). The van der Waals surface area contributed by atoms with Gasteiger partial charge in [0.1, 0.15) is 6.26 Å². The summed E-state index contributed by atoms with van der Waals surface area (Å²) >= 11 is 7.34. The summed E-state index contributed by atoms with van der Waals surface area (Å²) in [5, 5.41) is 3.50. The van der Waals surface area contributed by atoms with E-state index in [1.165, 1.54) is 11.8 Å². The molecule has 0 saturated carbocycles. The van der Waals surface area contributed by atoms with Crippen molar-refractivity contribution in [2.45, 2.75) is 5.75 Å². The second-order valence-electron chi connectivity index (χ2n) is 5.76. The molecule has 27 heavy (non-hydrogen) atoms. The molecule has 0 aliphatic carbocycles. The Morgan fingerprint density at radius 3 is 2.81 bits per heavy atom. The molecule has 8 heteroatoms. The third-order valence-electron chi connectivity index (χ3n) is 3.78. The Balaban J connectivity index is 1.27. The van der Waals surface area contributed by atoms with Gasteiger partial charge in [0.2, 0.25) is 18.6 Å². The van der Waals surface area contributed by atoms with Gasteiger partial charge in [0.15, 0.2) is 11.5 Å². The van der Waals surface area contributed by atoms with E-state index in [1.54, 1.807) is 36.6 Å². The molecule has 2 heterocycles. The van der Waals surface area contributed by atoms with Crippen molar-refractivity contribution in [3.05, 3.63) is 59.4 Å². The predicted molar refractivity (Wildman–Crippen MR) is 104 cm³/mol. The van der Waals surface area contributed by atoms with E-state index in [9.17, 15) is 4.79 Å². The Bertz CT molecular complexity index is 959. The molecule has 1 N–H and O–H groups in total. The lowest BCUT2D eigenvalue weighted by Crippen LogP contribution is -2.14. The van der Waals surface area contributed by atoms with Crippen LogP contribution < -0.4 is 14.8 Å². The van der Waals surface area contributed by atoms with Gasteiger partial charge in [-0.25, -0.2) is 4.98 Å². The molecule has 1 amide bonds. The zero-order valence-corrected chi connectivity index (χ0v) is 15.7. The average molecular weight is 403 g/mol. The van der Waals surface area contributed by atoms with E-state index in [0.717, 1.165) is 11.3 Å². The van der Waals surface area contributed by atoms with Crippen LogP contribution in [-0.4, -0.2) is 23.4 Å². The molecule has 0 atom stereocenters. The van der Waals surface area contributed by atoms with E-state index in [-0.39, 0.29) is 12.7 Å². The number of nitrogens with zero attached hydrogens (tertiary/aromatic N) is 1. The molecule has 6 nitrogen and oxygen atoms in total. The monoisotopic (exact) mass is 402 g/mol. The molecule has 3 aromatic rings. The van der Waals surface area contributed by atoms with Crippen molar-refractivity contribution in [1.29, 1.82) is 0 Å². The van der Waals surface area contributed by atoms with Crippen LogP contribution in [0.4, 0.5) is 5.69 Å². The lowest BCUT2D eigenvalue weighted by atomic mass is 10.2. The van der Waals surface area contributed by atoms with Crippen LogP contribution in [0.1, 0.15) is 5.69 Å². The van der Waals surface area contributed by atoms with Crippen molar-refractivity contribution in [2.24, 2.45) is 0 Å². The number of rotatable bonds is 6. The van der Waals surface area contributed by atoms with Crippen LogP contribution in [0.25, 0.3) is 11.5 Å². The lowest BCUT2D eigenvalue weighted by Gasteiger charge is -2.05. The number of carbonyl (C=O) groups excluding carboxylic acids is 1. The highest BCUT2D eigenvalue weighted by Crippen LogP contribution is 2.34. The van der Waals surface area contributed by atoms with Gasteiger partial charge in [0.05, 0.1) is 11.4 Å². The molecule has 1 aromatic heterocycles. The lowest BCUT2D eigenvalue weighted by molar-refractivity contribution is -0.113. The smallest absolute Gasteiger partial charge is 0.234 e. The maximum absolute atomic E-state index is 12.1. The van der Waals surface area contributed by atoms with E-state index in [1.807, 2.05) is 12.1 Å². The summed E-state index contributed by atoms with van der Waals surface area (Å²) < 4.78 is 16.0. The first-order valence-corrected chi connectivity index (χ1v) is 9.68. The number of carbonyl (C=O) groups is 1. The Labute approximate surface area is 164 Å². The summed E-state index contributed by atoms with van der Waals surface area (Å²) in [6, 6.07) is 12.6. The Morgan fingerprint density at radius 1 is 1.15 bits per heavy atom. The van der Waals surface area contributed by atoms with Crippen molar-refractivity contribution in [3.63, 3.8) is 0 Å². The van der Waals surface area contributed by atoms with Crippen LogP contribution in [-0.2, 0) is 10.5 Å². The summed E-state index contributed by atoms with van der Waals surface area (Å²) in [5.74, 6) is 2.64. The van der Waals surface area contributed by atoms with Gasteiger partial charge >= 0.3 is 0 Å². The van der Waals surface area contributed by atoms with Gasteiger partial charge in [0.25, 0.3) is 0 Å². The minimum atomic E-state index is -0.0970. The number of hydrogen-bond donors (Lipinski definition) is 1. The molecule has 0 spiro atoms. The highest BCUT2D eigenvalue weighted by molar-refractivity contribution is 7.99. The molecule has 0 saturated heterocycles. The molecular formula is C19H15ClN2O4S. The molecule has 1 aliphatic heterocycles. The second-order valence-corrected chi connectivity index (χ2v) is 7.18. The number of amides is 1. The number of oxazole rings is 1. The third kappa shape index (κ3) is 4.37. The van der Waals surface area contributed by atoms with E-state index in [0.29, 0.717) is 39.6 Å². The quantitative estimate of drug-likeness (QED) is 0.649. The van der Waals surface area contributed by atoms with Gasteiger partial charge < -0.3 is 19.2 Å². The zero-order chi connectivity index (χ0) is 18.6. The average Bonchev–Trinajstić information content (AvgIpc) is 3.31. The minimum Gasteiger partial charge on any atom is -0.454 e. The van der Waals surface area contributed by atoms with Crippen LogP contribution in [0.3, 0.4) is 0 Å². The molecule has 4 rings (SSSR count). The van der Waals surface area contributed by atoms with Crippen molar-refractivity contribution in [3.8, 4) is 23.0 Å². The Kier molecular flexibility index (Phi) is 5.22. The van der Waals surface area contributed by atoms with Crippen LogP contribution in [0.5, 0.6) is 11.5 Å². The van der Waals surface area contributed by atoms with Gasteiger partial charge in [-0.05, 0) is 36.4 Å². The molecule has 0 unspecified atom stereocenters. The fraction of sp³-hybridized carbons (Fsp3) is 0.158. The second kappa shape index (κ2) is 7.94. The number of benzene rings is 2. The molecular weight excluding hydrogens is 388 g/mol. The first-order chi connectivity index (χ1) is 13.2. The number of ether oxygens (including phenoxy) is 2. The SMILES string of the molecule is O=C(CSCc1coc(-c2ccc(Cl)cc2)n1)Nc1ccc2c(c1)OCO2. The van der Waals surface area contributed by atoms with Crippen molar-refractivity contribution >= 4 is 35.0 Å².